The van der Waals surface area contributed by atoms with Crippen LogP contribution in [-0.4, -0.2) is 54.5 Å². The molecule has 1 unspecified atom stereocenters. The number of nitrogens with zero attached hydrogens (tertiary/aromatic N) is 4. The maximum absolute atomic E-state index is 5.71. The van der Waals surface area contributed by atoms with Gasteiger partial charge >= 0.3 is 0 Å². The molecule has 7 nitrogen and oxygen atoms in total. The van der Waals surface area contributed by atoms with Gasteiger partial charge in [0.25, 0.3) is 5.71 Å². The molecule has 1 aliphatic rings. The maximum Gasteiger partial charge on any atom is 0.263 e. The Kier molecular flexibility index (Phi) is 3.31. The van der Waals surface area contributed by atoms with E-state index in [1.54, 1.807) is 0 Å². The van der Waals surface area contributed by atoms with Crippen molar-refractivity contribution in [3.8, 4) is 0 Å². The number of likely N-dealkylation sites (N-methyl/N-ethyl adjacent to an activating group) is 1. The van der Waals surface area contributed by atoms with Crippen molar-refractivity contribution in [1.82, 2.24) is 20.4 Å². The van der Waals surface area contributed by atoms with Crippen molar-refractivity contribution in [2.24, 2.45) is 0 Å². The lowest BCUT2D eigenvalue weighted by Gasteiger charge is -2.28. The van der Waals surface area contributed by atoms with Crippen molar-refractivity contribution in [3.63, 3.8) is 0 Å². The fourth-order valence-corrected chi connectivity index (χ4v) is 2.32. The summed E-state index contributed by atoms with van der Waals surface area (Å²) in [5, 5.41) is 8.13. The molecule has 1 aliphatic heterocycles. The molecule has 0 bridgehead atoms. The number of rotatable bonds is 3. The zero-order chi connectivity index (χ0) is 13.2. The average Bonchev–Trinajstić information content (AvgIpc) is 2.82. The zero-order valence-electron chi connectivity index (χ0n) is 11.1. The predicted molar refractivity (Wildman–Crippen MR) is 70.2 cm³/mol. The van der Waals surface area contributed by atoms with Crippen LogP contribution in [0.1, 0.15) is 5.69 Å². The summed E-state index contributed by atoms with van der Waals surface area (Å²) in [6.45, 7) is 5.20. The normalized spacial score (nSPS) is 19.8. The smallest absolute Gasteiger partial charge is 0.263 e. The first-order valence-electron chi connectivity index (χ1n) is 6.36. The van der Waals surface area contributed by atoms with E-state index in [1.165, 1.54) is 6.33 Å². The number of ether oxygens (including phenoxy) is 1. The molecule has 0 aromatic carbocycles. The van der Waals surface area contributed by atoms with Gasteiger partial charge in [-0.2, -0.15) is 4.98 Å². The topological polar surface area (TPSA) is 76.3 Å². The van der Waals surface area contributed by atoms with Crippen LogP contribution in [0.15, 0.2) is 10.9 Å². The second-order valence-corrected chi connectivity index (χ2v) is 4.72. The second-order valence-electron chi connectivity index (χ2n) is 4.72. The molecule has 102 valence electrons. The molecule has 1 atom stereocenters. The summed E-state index contributed by atoms with van der Waals surface area (Å²) in [7, 11) is 1.99. The number of aromatic nitrogens is 3. The van der Waals surface area contributed by atoms with E-state index in [1.807, 2.05) is 14.0 Å². The van der Waals surface area contributed by atoms with Crippen LogP contribution in [0.5, 0.6) is 0 Å². The van der Waals surface area contributed by atoms with E-state index in [0.29, 0.717) is 5.71 Å². The summed E-state index contributed by atoms with van der Waals surface area (Å²) in [6, 6.07) is 0. The molecule has 1 saturated heterocycles. The second kappa shape index (κ2) is 5.10. The summed E-state index contributed by atoms with van der Waals surface area (Å²) in [6.07, 6.45) is 1.67. The fraction of sp³-hybridized carbons (Fsp3) is 0.583. The van der Waals surface area contributed by atoms with E-state index in [-0.39, 0.29) is 6.10 Å². The van der Waals surface area contributed by atoms with Crippen molar-refractivity contribution in [2.45, 2.75) is 13.0 Å². The van der Waals surface area contributed by atoms with Crippen LogP contribution >= 0.6 is 0 Å². The summed E-state index contributed by atoms with van der Waals surface area (Å²) in [5.41, 5.74) is 1.33. The minimum Gasteiger partial charge on any atom is -0.374 e. The van der Waals surface area contributed by atoms with E-state index in [0.717, 1.165) is 43.1 Å². The first-order valence-corrected chi connectivity index (χ1v) is 6.36. The van der Waals surface area contributed by atoms with Crippen molar-refractivity contribution >= 4 is 16.9 Å². The minimum atomic E-state index is 0.170. The van der Waals surface area contributed by atoms with Crippen LogP contribution < -0.4 is 10.2 Å². The van der Waals surface area contributed by atoms with Gasteiger partial charge in [0.15, 0.2) is 0 Å². The third-order valence-corrected chi connectivity index (χ3v) is 3.27. The Morgan fingerprint density at radius 3 is 3.16 bits per heavy atom. The van der Waals surface area contributed by atoms with E-state index in [4.69, 9.17) is 9.26 Å². The van der Waals surface area contributed by atoms with Crippen LogP contribution in [0.3, 0.4) is 0 Å². The zero-order valence-corrected chi connectivity index (χ0v) is 11.1. The molecule has 19 heavy (non-hydrogen) atoms. The van der Waals surface area contributed by atoms with Gasteiger partial charge in [-0.05, 0) is 6.92 Å². The van der Waals surface area contributed by atoms with Crippen LogP contribution in [0, 0.1) is 6.92 Å². The molecule has 7 heteroatoms. The first kappa shape index (κ1) is 12.3. The van der Waals surface area contributed by atoms with Crippen LogP contribution in [0.4, 0.5) is 5.82 Å². The summed E-state index contributed by atoms with van der Waals surface area (Å²) >= 11 is 0. The van der Waals surface area contributed by atoms with E-state index < -0.39 is 0 Å². The van der Waals surface area contributed by atoms with E-state index in [2.05, 4.69) is 25.3 Å². The predicted octanol–water partition coefficient (Wildman–Crippen LogP) is 0.351. The molecule has 0 amide bonds. The average molecular weight is 263 g/mol. The quantitative estimate of drug-likeness (QED) is 0.856. The first-order chi connectivity index (χ1) is 9.25. The highest BCUT2D eigenvalue weighted by Gasteiger charge is 2.20. The third-order valence-electron chi connectivity index (χ3n) is 3.27. The molecule has 3 heterocycles. The maximum atomic E-state index is 5.71. The van der Waals surface area contributed by atoms with Crippen molar-refractivity contribution in [2.75, 3.05) is 38.2 Å². The number of hydrogen-bond acceptors (Lipinski definition) is 7. The lowest BCUT2D eigenvalue weighted by atomic mass is 10.2. The fourth-order valence-electron chi connectivity index (χ4n) is 2.32. The van der Waals surface area contributed by atoms with Gasteiger partial charge in [0.2, 0.25) is 0 Å². The van der Waals surface area contributed by atoms with Crippen molar-refractivity contribution in [3.05, 3.63) is 12.0 Å². The van der Waals surface area contributed by atoms with Gasteiger partial charge in [-0.15, -0.1) is 0 Å². The monoisotopic (exact) mass is 263 g/mol. The Bertz CT molecular complexity index is 564. The molecule has 0 saturated carbocycles. The lowest BCUT2D eigenvalue weighted by Crippen LogP contribution is -2.44. The highest BCUT2D eigenvalue weighted by Crippen LogP contribution is 2.25. The molecular weight excluding hydrogens is 246 g/mol. The number of hydrogen-bond donors (Lipinski definition) is 1. The standard InChI is InChI=1S/C12H17N5O2/c1-8-10-11(14-7-15-12(10)19-16-8)17(2)6-9-5-13-3-4-18-9/h7,9,13H,3-6H2,1-2H3. The Morgan fingerprint density at radius 2 is 2.37 bits per heavy atom. The summed E-state index contributed by atoms with van der Waals surface area (Å²) in [4.78, 5) is 10.5. The Hall–Kier alpha value is -1.73. The number of nitrogens with one attached hydrogen (secondary N) is 1. The van der Waals surface area contributed by atoms with Crippen molar-refractivity contribution in [1.29, 1.82) is 0 Å². The molecule has 1 fully saturated rings. The number of fused-ring (bicyclic) bond motifs is 1. The van der Waals surface area contributed by atoms with Crippen LogP contribution in [0.2, 0.25) is 0 Å². The minimum absolute atomic E-state index is 0.170. The molecular formula is C12H17N5O2. The molecule has 0 radical (unpaired) electrons. The third kappa shape index (κ3) is 2.39. The number of morpholine rings is 1. The molecule has 0 spiro atoms. The molecule has 2 aromatic rings. The van der Waals surface area contributed by atoms with Crippen molar-refractivity contribution < 1.29 is 9.26 Å². The van der Waals surface area contributed by atoms with Gasteiger partial charge in [0.05, 0.1) is 18.4 Å². The van der Waals surface area contributed by atoms with Gasteiger partial charge in [-0.1, -0.05) is 5.16 Å². The van der Waals surface area contributed by atoms with Crippen LogP contribution in [0.25, 0.3) is 11.1 Å². The Morgan fingerprint density at radius 1 is 1.47 bits per heavy atom. The summed E-state index contributed by atoms with van der Waals surface area (Å²) < 4.78 is 10.9. The molecule has 1 N–H and O–H groups in total. The van der Waals surface area contributed by atoms with Gasteiger partial charge in [0, 0.05) is 26.7 Å². The van der Waals surface area contributed by atoms with Gasteiger partial charge < -0.3 is 19.5 Å². The Balaban J connectivity index is 1.84. The van der Waals surface area contributed by atoms with Gasteiger partial charge in [-0.3, -0.25) is 0 Å². The van der Waals surface area contributed by atoms with E-state index in [9.17, 15) is 0 Å². The number of aryl methyl sites for hydroxylation is 1. The summed E-state index contributed by atoms with van der Waals surface area (Å²) in [5.74, 6) is 0.831. The SMILES string of the molecule is Cc1noc2ncnc(N(C)CC3CNCCO3)c12. The highest BCUT2D eigenvalue weighted by atomic mass is 16.5. The van der Waals surface area contributed by atoms with Gasteiger partial charge in [-0.25, -0.2) is 4.98 Å². The molecule has 2 aromatic heterocycles. The molecule has 3 rings (SSSR count). The molecule has 0 aliphatic carbocycles. The lowest BCUT2D eigenvalue weighted by molar-refractivity contribution is 0.0339. The van der Waals surface area contributed by atoms with Crippen LogP contribution in [-0.2, 0) is 4.74 Å². The van der Waals surface area contributed by atoms with E-state index >= 15 is 0 Å². The van der Waals surface area contributed by atoms with Gasteiger partial charge in [0.1, 0.15) is 17.5 Å². The number of anilines is 1. The largest absolute Gasteiger partial charge is 0.374 e. The highest BCUT2D eigenvalue weighted by molar-refractivity contribution is 5.87. The Labute approximate surface area is 110 Å².